The summed E-state index contributed by atoms with van der Waals surface area (Å²) in [5.41, 5.74) is -0.506. The number of sulfone groups is 1. The molecule has 2 N–H and O–H groups in total. The SMILES string of the molecule is CN=C(NCCN1CCS(=O)(=O)CC1)N1CCC(NC(=O)OC(C)(C)C)C1. The van der Waals surface area contributed by atoms with Crippen molar-refractivity contribution in [3.8, 4) is 0 Å². The van der Waals surface area contributed by atoms with Crippen molar-refractivity contribution in [2.24, 2.45) is 4.99 Å². The summed E-state index contributed by atoms with van der Waals surface area (Å²) in [6.45, 7) is 9.69. The highest BCUT2D eigenvalue weighted by atomic mass is 32.2. The van der Waals surface area contributed by atoms with Gasteiger partial charge in [0.25, 0.3) is 0 Å². The van der Waals surface area contributed by atoms with E-state index in [1.807, 2.05) is 20.8 Å². The Morgan fingerprint density at radius 3 is 2.48 bits per heavy atom. The van der Waals surface area contributed by atoms with Crippen molar-refractivity contribution in [2.75, 3.05) is 57.8 Å². The minimum atomic E-state index is -2.84. The zero-order chi connectivity index (χ0) is 20.1. The van der Waals surface area contributed by atoms with Crippen LogP contribution in [0.3, 0.4) is 0 Å². The molecular weight excluding hydrogens is 370 g/mol. The lowest BCUT2D eigenvalue weighted by Gasteiger charge is -2.28. The Labute approximate surface area is 162 Å². The van der Waals surface area contributed by atoms with Crippen molar-refractivity contribution in [3.63, 3.8) is 0 Å². The minimum Gasteiger partial charge on any atom is -0.444 e. The van der Waals surface area contributed by atoms with Crippen molar-refractivity contribution >= 4 is 21.9 Å². The molecule has 2 aliphatic rings. The van der Waals surface area contributed by atoms with Gasteiger partial charge in [0.1, 0.15) is 5.60 Å². The van der Waals surface area contributed by atoms with Crippen LogP contribution in [0, 0.1) is 0 Å². The van der Waals surface area contributed by atoms with E-state index in [9.17, 15) is 13.2 Å². The molecule has 1 atom stereocenters. The summed E-state index contributed by atoms with van der Waals surface area (Å²) >= 11 is 0. The molecule has 0 saturated carbocycles. The molecule has 0 aromatic heterocycles. The number of guanidine groups is 1. The number of alkyl carbamates (subject to hydrolysis) is 1. The third-order valence-electron chi connectivity index (χ3n) is 4.57. The maximum absolute atomic E-state index is 11.9. The highest BCUT2D eigenvalue weighted by molar-refractivity contribution is 7.91. The van der Waals surface area contributed by atoms with Crippen LogP contribution in [0.4, 0.5) is 4.79 Å². The van der Waals surface area contributed by atoms with Crippen LogP contribution in [-0.4, -0.2) is 99.7 Å². The quantitative estimate of drug-likeness (QED) is 0.499. The number of amides is 1. The summed E-state index contributed by atoms with van der Waals surface area (Å²) in [7, 11) is -1.10. The van der Waals surface area contributed by atoms with Gasteiger partial charge in [-0.25, -0.2) is 13.2 Å². The Morgan fingerprint density at radius 2 is 1.89 bits per heavy atom. The molecule has 27 heavy (non-hydrogen) atoms. The van der Waals surface area contributed by atoms with Gasteiger partial charge < -0.3 is 20.3 Å². The average molecular weight is 404 g/mol. The van der Waals surface area contributed by atoms with Gasteiger partial charge in [0.05, 0.1) is 17.5 Å². The second-order valence-corrected chi connectivity index (χ2v) is 10.3. The van der Waals surface area contributed by atoms with Crippen molar-refractivity contribution in [2.45, 2.75) is 38.8 Å². The van der Waals surface area contributed by atoms with Crippen LogP contribution < -0.4 is 10.6 Å². The zero-order valence-electron chi connectivity index (χ0n) is 16.8. The smallest absolute Gasteiger partial charge is 0.407 e. The first kappa shape index (κ1) is 21.7. The number of nitrogens with one attached hydrogen (secondary N) is 2. The lowest BCUT2D eigenvalue weighted by molar-refractivity contribution is 0.0507. The number of rotatable bonds is 4. The predicted molar refractivity (Wildman–Crippen MR) is 106 cm³/mol. The molecule has 1 amide bonds. The van der Waals surface area contributed by atoms with Crippen molar-refractivity contribution in [1.82, 2.24) is 20.4 Å². The first-order valence-corrected chi connectivity index (χ1v) is 11.3. The predicted octanol–water partition coefficient (Wildman–Crippen LogP) is -0.109. The standard InChI is InChI=1S/C17H33N5O4S/c1-17(2,3)26-16(23)20-14-5-7-22(13-14)15(18-4)19-6-8-21-9-11-27(24,25)12-10-21/h14H,5-13H2,1-4H3,(H,18,19)(H,20,23). The van der Waals surface area contributed by atoms with Gasteiger partial charge in [0, 0.05) is 46.3 Å². The van der Waals surface area contributed by atoms with E-state index in [-0.39, 0.29) is 17.5 Å². The molecule has 0 bridgehead atoms. The van der Waals surface area contributed by atoms with E-state index in [0.717, 1.165) is 25.5 Å². The Hall–Kier alpha value is -1.55. The number of nitrogens with zero attached hydrogens (tertiary/aromatic N) is 3. The summed E-state index contributed by atoms with van der Waals surface area (Å²) in [6, 6.07) is 0.0331. The number of hydrogen-bond acceptors (Lipinski definition) is 6. The topological polar surface area (TPSA) is 103 Å². The monoisotopic (exact) mass is 403 g/mol. The molecule has 2 rings (SSSR count). The minimum absolute atomic E-state index is 0.0331. The zero-order valence-corrected chi connectivity index (χ0v) is 17.6. The average Bonchev–Trinajstić information content (AvgIpc) is 2.99. The van der Waals surface area contributed by atoms with E-state index in [0.29, 0.717) is 26.2 Å². The van der Waals surface area contributed by atoms with E-state index in [1.54, 1.807) is 7.05 Å². The van der Waals surface area contributed by atoms with E-state index < -0.39 is 21.5 Å². The summed E-state index contributed by atoms with van der Waals surface area (Å²) < 4.78 is 28.3. The molecule has 2 fully saturated rings. The van der Waals surface area contributed by atoms with E-state index in [1.165, 1.54) is 0 Å². The molecule has 156 valence electrons. The van der Waals surface area contributed by atoms with Gasteiger partial charge >= 0.3 is 6.09 Å². The van der Waals surface area contributed by atoms with Crippen LogP contribution in [0.1, 0.15) is 27.2 Å². The molecule has 1 unspecified atom stereocenters. The molecule has 9 nitrogen and oxygen atoms in total. The number of ether oxygens (including phenoxy) is 1. The van der Waals surface area contributed by atoms with Crippen LogP contribution >= 0.6 is 0 Å². The van der Waals surface area contributed by atoms with Crippen LogP contribution in [0.5, 0.6) is 0 Å². The first-order chi connectivity index (χ1) is 12.6. The van der Waals surface area contributed by atoms with Gasteiger partial charge in [-0.05, 0) is 27.2 Å². The number of aliphatic imine (C=N–C) groups is 1. The summed E-state index contributed by atoms with van der Waals surface area (Å²) in [5, 5.41) is 6.24. The van der Waals surface area contributed by atoms with Crippen LogP contribution in [0.15, 0.2) is 4.99 Å². The molecule has 0 aliphatic carbocycles. The molecule has 0 aromatic rings. The van der Waals surface area contributed by atoms with Crippen LogP contribution in [-0.2, 0) is 14.6 Å². The highest BCUT2D eigenvalue weighted by Crippen LogP contribution is 2.12. The van der Waals surface area contributed by atoms with E-state index in [4.69, 9.17) is 4.74 Å². The number of hydrogen-bond donors (Lipinski definition) is 2. The van der Waals surface area contributed by atoms with Crippen molar-refractivity contribution in [3.05, 3.63) is 0 Å². The molecule has 0 spiro atoms. The molecule has 2 heterocycles. The van der Waals surface area contributed by atoms with Gasteiger partial charge in [-0.1, -0.05) is 0 Å². The maximum atomic E-state index is 11.9. The van der Waals surface area contributed by atoms with Gasteiger partial charge in [-0.2, -0.15) is 0 Å². The van der Waals surface area contributed by atoms with Gasteiger partial charge in [-0.15, -0.1) is 0 Å². The molecule has 2 aliphatic heterocycles. The second kappa shape index (κ2) is 9.09. The van der Waals surface area contributed by atoms with Gasteiger partial charge in [0.15, 0.2) is 15.8 Å². The largest absolute Gasteiger partial charge is 0.444 e. The second-order valence-electron chi connectivity index (χ2n) is 8.05. The number of likely N-dealkylation sites (tertiary alicyclic amines) is 1. The number of carbonyl (C=O) groups is 1. The summed E-state index contributed by atoms with van der Waals surface area (Å²) in [5.74, 6) is 1.28. The third kappa shape index (κ3) is 7.53. The molecule has 10 heteroatoms. The normalized spacial score (nSPS) is 23.9. The summed E-state index contributed by atoms with van der Waals surface area (Å²) in [6.07, 6.45) is 0.446. The lowest BCUT2D eigenvalue weighted by atomic mass is 10.2. The Balaban J connectivity index is 1.71. The number of carbonyl (C=O) groups excluding carboxylic acids is 1. The third-order valence-corrected chi connectivity index (χ3v) is 6.18. The summed E-state index contributed by atoms with van der Waals surface area (Å²) in [4.78, 5) is 20.5. The van der Waals surface area contributed by atoms with Crippen molar-refractivity contribution in [1.29, 1.82) is 0 Å². The van der Waals surface area contributed by atoms with E-state index in [2.05, 4.69) is 25.4 Å². The Bertz CT molecular complexity index is 630. The van der Waals surface area contributed by atoms with Crippen molar-refractivity contribution < 1.29 is 17.9 Å². The Kier molecular flexibility index (Phi) is 7.32. The van der Waals surface area contributed by atoms with Crippen LogP contribution in [0.25, 0.3) is 0 Å². The first-order valence-electron chi connectivity index (χ1n) is 9.46. The molecule has 0 radical (unpaired) electrons. The van der Waals surface area contributed by atoms with Gasteiger partial charge in [-0.3, -0.25) is 9.89 Å². The highest BCUT2D eigenvalue weighted by Gasteiger charge is 2.28. The van der Waals surface area contributed by atoms with Crippen LogP contribution in [0.2, 0.25) is 0 Å². The maximum Gasteiger partial charge on any atom is 0.407 e. The van der Waals surface area contributed by atoms with E-state index >= 15 is 0 Å². The molecule has 0 aromatic carbocycles. The fourth-order valence-corrected chi connectivity index (χ4v) is 4.45. The fourth-order valence-electron chi connectivity index (χ4n) is 3.18. The van der Waals surface area contributed by atoms with Gasteiger partial charge in [0.2, 0.25) is 0 Å². The fraction of sp³-hybridized carbons (Fsp3) is 0.882. The molecule has 2 saturated heterocycles. The lowest BCUT2D eigenvalue weighted by Crippen LogP contribution is -2.47. The Morgan fingerprint density at radius 1 is 1.22 bits per heavy atom. The molecular formula is C17H33N5O4S.